The van der Waals surface area contributed by atoms with Gasteiger partial charge in [0, 0.05) is 46.6 Å². The van der Waals surface area contributed by atoms with Crippen molar-refractivity contribution in [1.82, 2.24) is 5.32 Å². The highest BCUT2D eigenvalue weighted by molar-refractivity contribution is 6.32. The lowest BCUT2D eigenvalue weighted by Gasteiger charge is -2.34. The van der Waals surface area contributed by atoms with Gasteiger partial charge in [-0.3, -0.25) is 19.7 Å². The van der Waals surface area contributed by atoms with Crippen molar-refractivity contribution in [2.45, 2.75) is 39.0 Å². The second kappa shape index (κ2) is 8.59. The molecule has 2 aliphatic rings. The van der Waals surface area contributed by atoms with E-state index in [-0.39, 0.29) is 22.4 Å². The highest BCUT2D eigenvalue weighted by atomic mass is 35.5. The largest absolute Gasteiger partial charge is 0.362 e. The van der Waals surface area contributed by atoms with E-state index in [2.05, 4.69) is 10.6 Å². The number of hydrogen-bond acceptors (Lipinski definition) is 5. The summed E-state index contributed by atoms with van der Waals surface area (Å²) in [5.41, 5.74) is 4.03. The van der Waals surface area contributed by atoms with Crippen molar-refractivity contribution >= 4 is 34.7 Å². The van der Waals surface area contributed by atoms with Crippen LogP contribution < -0.4 is 10.6 Å². The van der Waals surface area contributed by atoms with Crippen LogP contribution in [0.2, 0.25) is 5.02 Å². The zero-order valence-corrected chi connectivity index (χ0v) is 18.5. The number of para-hydroxylation sites is 1. The molecule has 0 radical (unpaired) electrons. The summed E-state index contributed by atoms with van der Waals surface area (Å²) in [4.78, 5) is 37.4. The van der Waals surface area contributed by atoms with Crippen LogP contribution in [0.4, 0.5) is 11.4 Å². The molecule has 1 aliphatic heterocycles. The molecule has 0 unspecified atom stereocenters. The minimum atomic E-state index is -0.723. The summed E-state index contributed by atoms with van der Waals surface area (Å²) >= 11 is 6.02. The van der Waals surface area contributed by atoms with Gasteiger partial charge >= 0.3 is 0 Å². The van der Waals surface area contributed by atoms with Gasteiger partial charge in [-0.1, -0.05) is 35.9 Å². The number of amides is 1. The molecule has 4 rings (SSSR count). The monoisotopic (exact) mass is 451 g/mol. The number of benzene rings is 2. The zero-order valence-electron chi connectivity index (χ0n) is 17.7. The Morgan fingerprint density at radius 3 is 2.66 bits per heavy atom. The highest BCUT2D eigenvalue weighted by Gasteiger charge is 2.39. The Balaban J connectivity index is 1.85. The van der Waals surface area contributed by atoms with E-state index in [0.29, 0.717) is 40.9 Å². The maximum absolute atomic E-state index is 13.5. The first kappa shape index (κ1) is 21.8. The van der Waals surface area contributed by atoms with Crippen LogP contribution in [0, 0.1) is 17.0 Å². The molecule has 8 heteroatoms. The number of aryl methyl sites for hydroxylation is 1. The van der Waals surface area contributed by atoms with Gasteiger partial charge in [0.05, 0.1) is 4.92 Å². The molecule has 32 heavy (non-hydrogen) atoms. The van der Waals surface area contributed by atoms with Gasteiger partial charge < -0.3 is 10.6 Å². The van der Waals surface area contributed by atoms with Crippen LogP contribution in [0.5, 0.6) is 0 Å². The lowest BCUT2D eigenvalue weighted by atomic mass is 9.75. The van der Waals surface area contributed by atoms with Crippen molar-refractivity contribution < 1.29 is 14.5 Å². The number of nitro groups is 1. The summed E-state index contributed by atoms with van der Waals surface area (Å²) in [5.74, 6) is -1.15. The van der Waals surface area contributed by atoms with Crippen molar-refractivity contribution in [3.8, 4) is 0 Å². The van der Waals surface area contributed by atoms with E-state index < -0.39 is 10.8 Å². The normalized spacial score (nSPS) is 18.2. The standard InChI is InChI=1S/C24H22ClN3O4/c1-13-6-3-4-7-17(13)27-24(30)21-14(2)26-18-8-5-9-20(29)23(18)22(21)15-10-11-16(25)19(12-15)28(31)32/h3-4,6-7,10-12,22,26H,5,8-9H2,1-2H3,(H,27,30)/t22-/m1/s1. The predicted octanol–water partition coefficient (Wildman–Crippen LogP) is 5.16. The number of allylic oxidation sites excluding steroid dienone is 3. The van der Waals surface area contributed by atoms with Gasteiger partial charge in [-0.2, -0.15) is 0 Å². The molecule has 0 aromatic heterocycles. The number of dihydropyridines is 1. The Hall–Kier alpha value is -3.45. The lowest BCUT2D eigenvalue weighted by molar-refractivity contribution is -0.384. The predicted molar refractivity (Wildman–Crippen MR) is 122 cm³/mol. The van der Waals surface area contributed by atoms with E-state index in [9.17, 15) is 19.7 Å². The minimum Gasteiger partial charge on any atom is -0.362 e. The zero-order chi connectivity index (χ0) is 23.0. The van der Waals surface area contributed by atoms with Gasteiger partial charge in [-0.05, 0) is 49.9 Å². The third-order valence-corrected chi connectivity index (χ3v) is 6.23. The molecule has 2 aromatic carbocycles. The van der Waals surface area contributed by atoms with Crippen molar-refractivity contribution in [3.05, 3.63) is 91.3 Å². The fourth-order valence-corrected chi connectivity index (χ4v) is 4.56. The third kappa shape index (κ3) is 3.91. The van der Waals surface area contributed by atoms with Crippen molar-refractivity contribution in [2.24, 2.45) is 0 Å². The number of anilines is 1. The summed E-state index contributed by atoms with van der Waals surface area (Å²) < 4.78 is 0. The first-order valence-electron chi connectivity index (χ1n) is 10.3. The smallest absolute Gasteiger partial charge is 0.288 e. The van der Waals surface area contributed by atoms with Crippen molar-refractivity contribution in [1.29, 1.82) is 0 Å². The summed E-state index contributed by atoms with van der Waals surface area (Å²) in [6.07, 6.45) is 1.77. The van der Waals surface area contributed by atoms with Crippen LogP contribution in [0.1, 0.15) is 43.2 Å². The number of nitrogens with one attached hydrogen (secondary N) is 2. The first-order chi connectivity index (χ1) is 15.3. The van der Waals surface area contributed by atoms with Gasteiger partial charge in [-0.25, -0.2) is 0 Å². The number of Topliss-reactive ketones (excluding diaryl/α,β-unsaturated/α-hetero) is 1. The number of nitrogens with zero attached hydrogens (tertiary/aromatic N) is 1. The molecule has 7 nitrogen and oxygen atoms in total. The molecule has 1 atom stereocenters. The maximum Gasteiger partial charge on any atom is 0.288 e. The highest BCUT2D eigenvalue weighted by Crippen LogP contribution is 2.44. The number of carbonyl (C=O) groups is 2. The summed E-state index contributed by atoms with van der Waals surface area (Å²) in [6.45, 7) is 3.67. The second-order valence-corrected chi connectivity index (χ2v) is 8.41. The Labute approximate surface area is 190 Å². The number of hydrogen-bond donors (Lipinski definition) is 2. The van der Waals surface area contributed by atoms with Crippen molar-refractivity contribution in [2.75, 3.05) is 5.32 Å². The number of rotatable bonds is 4. The molecule has 1 amide bonds. The van der Waals surface area contributed by atoms with E-state index in [1.54, 1.807) is 19.1 Å². The molecule has 0 bridgehead atoms. The Bertz CT molecular complexity index is 1220. The first-order valence-corrected chi connectivity index (χ1v) is 10.7. The summed E-state index contributed by atoms with van der Waals surface area (Å²) in [5, 5.41) is 17.7. The van der Waals surface area contributed by atoms with E-state index in [1.165, 1.54) is 12.1 Å². The topological polar surface area (TPSA) is 101 Å². The van der Waals surface area contributed by atoms with Crippen LogP contribution in [0.25, 0.3) is 0 Å². The second-order valence-electron chi connectivity index (χ2n) is 8.00. The molecular formula is C24H22ClN3O4. The number of carbonyl (C=O) groups excluding carboxylic acids is 2. The van der Waals surface area contributed by atoms with Gasteiger partial charge in [-0.15, -0.1) is 0 Å². The van der Waals surface area contributed by atoms with Gasteiger partial charge in [0.2, 0.25) is 0 Å². The van der Waals surface area contributed by atoms with Gasteiger partial charge in [0.1, 0.15) is 5.02 Å². The molecule has 0 saturated carbocycles. The van der Waals surface area contributed by atoms with E-state index in [0.717, 1.165) is 17.7 Å². The van der Waals surface area contributed by atoms with E-state index in [1.807, 2.05) is 25.1 Å². The molecule has 0 spiro atoms. The Kier molecular flexibility index (Phi) is 5.84. The number of ketones is 1. The van der Waals surface area contributed by atoms with Crippen LogP contribution in [0.3, 0.4) is 0 Å². The van der Waals surface area contributed by atoms with Crippen LogP contribution in [0.15, 0.2) is 65.0 Å². The molecule has 0 saturated heterocycles. The lowest BCUT2D eigenvalue weighted by Crippen LogP contribution is -2.35. The van der Waals surface area contributed by atoms with Gasteiger partial charge in [0.25, 0.3) is 11.6 Å². The molecule has 164 valence electrons. The van der Waals surface area contributed by atoms with Crippen LogP contribution in [-0.4, -0.2) is 16.6 Å². The van der Waals surface area contributed by atoms with E-state index in [4.69, 9.17) is 11.6 Å². The minimum absolute atomic E-state index is 0.00321. The average Bonchev–Trinajstić information content (AvgIpc) is 2.74. The third-order valence-electron chi connectivity index (χ3n) is 5.91. The van der Waals surface area contributed by atoms with Crippen LogP contribution in [-0.2, 0) is 9.59 Å². The summed E-state index contributed by atoms with van der Waals surface area (Å²) in [7, 11) is 0. The van der Waals surface area contributed by atoms with Crippen LogP contribution >= 0.6 is 11.6 Å². The average molecular weight is 452 g/mol. The molecule has 1 aliphatic carbocycles. The molecule has 1 heterocycles. The number of halogens is 1. The molecule has 2 aromatic rings. The maximum atomic E-state index is 13.5. The summed E-state index contributed by atoms with van der Waals surface area (Å²) in [6, 6.07) is 11.8. The Morgan fingerprint density at radius 2 is 1.94 bits per heavy atom. The molecular weight excluding hydrogens is 430 g/mol. The molecule has 0 fully saturated rings. The molecule has 2 N–H and O–H groups in total. The Morgan fingerprint density at radius 1 is 1.19 bits per heavy atom. The SMILES string of the molecule is CC1=C(C(=O)Nc2ccccc2C)[C@@H](c2ccc(Cl)c([N+](=O)[O-])c2)C2=C(CCCC2=O)N1. The quantitative estimate of drug-likeness (QED) is 0.493. The van der Waals surface area contributed by atoms with Crippen molar-refractivity contribution in [3.63, 3.8) is 0 Å². The number of nitro benzene ring substituents is 1. The van der Waals surface area contributed by atoms with E-state index >= 15 is 0 Å². The van der Waals surface area contributed by atoms with Gasteiger partial charge in [0.15, 0.2) is 5.78 Å². The fraction of sp³-hybridized carbons (Fsp3) is 0.250. The fourth-order valence-electron chi connectivity index (χ4n) is 4.37.